The monoisotopic (exact) mass is 387 g/mol. The number of nitrogens with one attached hydrogen (secondary N) is 3. The Morgan fingerprint density at radius 1 is 1.26 bits per heavy atom. The summed E-state index contributed by atoms with van der Waals surface area (Å²) in [6.07, 6.45) is 4.23. The Labute approximate surface area is 158 Å². The molecule has 1 saturated heterocycles. The van der Waals surface area contributed by atoms with Crippen LogP contribution in [0.25, 0.3) is 11.2 Å². The molecule has 9 nitrogen and oxygen atoms in total. The zero-order chi connectivity index (χ0) is 18.8. The summed E-state index contributed by atoms with van der Waals surface area (Å²) in [4.78, 5) is 18.5. The van der Waals surface area contributed by atoms with Gasteiger partial charge < -0.3 is 20.3 Å². The fourth-order valence-electron chi connectivity index (χ4n) is 3.22. The number of aromatic amines is 1. The Morgan fingerprint density at radius 3 is 2.85 bits per heavy atom. The van der Waals surface area contributed by atoms with E-state index in [1.807, 2.05) is 18.2 Å². The van der Waals surface area contributed by atoms with Gasteiger partial charge in [0.25, 0.3) is 0 Å². The first-order chi connectivity index (χ1) is 13.2. The molecule has 1 aliphatic rings. The van der Waals surface area contributed by atoms with Crippen LogP contribution in [0.15, 0.2) is 35.7 Å². The molecule has 3 heterocycles. The molecule has 1 aromatic carbocycles. The van der Waals surface area contributed by atoms with E-state index in [-0.39, 0.29) is 6.10 Å². The number of aromatic nitrogens is 4. The van der Waals surface area contributed by atoms with Crippen molar-refractivity contribution in [2.45, 2.75) is 23.8 Å². The number of piperidine rings is 1. The molecule has 3 aromatic rings. The standard InChI is InChI=1S/C17H21N7O2S/c1-18-27(26)12-2-3-14(24-6-4-11(25)5-7-24)13(8-12)23-17-15-16(20-9-19-15)21-10-22-17/h2-3,8-11,18,25H,4-7H2,1H3,(H2,19,20,21,22,23). The van der Waals surface area contributed by atoms with Crippen molar-refractivity contribution >= 4 is 39.3 Å². The van der Waals surface area contributed by atoms with Crippen LogP contribution in [0.1, 0.15) is 12.8 Å². The van der Waals surface area contributed by atoms with Gasteiger partial charge in [0.15, 0.2) is 11.5 Å². The second kappa shape index (κ2) is 7.59. The summed E-state index contributed by atoms with van der Waals surface area (Å²) < 4.78 is 15.0. The van der Waals surface area contributed by atoms with Crippen LogP contribution in [0.4, 0.5) is 17.2 Å². The third kappa shape index (κ3) is 3.64. The van der Waals surface area contributed by atoms with Crippen LogP contribution in [0.3, 0.4) is 0 Å². The molecular weight excluding hydrogens is 366 g/mol. The van der Waals surface area contributed by atoms with E-state index in [1.54, 1.807) is 13.4 Å². The topological polar surface area (TPSA) is 119 Å². The number of rotatable bonds is 5. The summed E-state index contributed by atoms with van der Waals surface area (Å²) in [5.41, 5.74) is 3.05. The van der Waals surface area contributed by atoms with E-state index in [0.717, 1.165) is 37.3 Å². The van der Waals surface area contributed by atoms with Crippen LogP contribution in [-0.4, -0.2) is 55.5 Å². The van der Waals surface area contributed by atoms with E-state index < -0.39 is 11.0 Å². The maximum atomic E-state index is 12.2. The second-order valence-electron chi connectivity index (χ2n) is 6.32. The molecule has 142 valence electrons. The average molecular weight is 387 g/mol. The van der Waals surface area contributed by atoms with E-state index in [4.69, 9.17) is 0 Å². The molecule has 4 N–H and O–H groups in total. The normalized spacial score (nSPS) is 16.6. The number of H-pyrrole nitrogens is 1. The Morgan fingerprint density at radius 2 is 2.07 bits per heavy atom. The fourth-order valence-corrected chi connectivity index (χ4v) is 3.87. The third-order valence-electron chi connectivity index (χ3n) is 4.65. The molecule has 0 radical (unpaired) electrons. The number of aliphatic hydroxyl groups excluding tert-OH is 1. The van der Waals surface area contributed by atoms with Crippen molar-refractivity contribution in [3.63, 3.8) is 0 Å². The quantitative estimate of drug-likeness (QED) is 0.521. The van der Waals surface area contributed by atoms with Crippen LogP contribution < -0.4 is 14.9 Å². The highest BCUT2D eigenvalue weighted by atomic mass is 32.2. The first-order valence-corrected chi connectivity index (χ1v) is 9.88. The highest BCUT2D eigenvalue weighted by Crippen LogP contribution is 2.33. The minimum absolute atomic E-state index is 0.250. The predicted octanol–water partition coefficient (Wildman–Crippen LogP) is 1.30. The molecule has 0 bridgehead atoms. The maximum Gasteiger partial charge on any atom is 0.182 e. The number of imidazole rings is 1. The number of fused-ring (bicyclic) bond motifs is 1. The van der Waals surface area contributed by atoms with E-state index in [2.05, 4.69) is 34.9 Å². The van der Waals surface area contributed by atoms with Crippen molar-refractivity contribution in [1.82, 2.24) is 24.7 Å². The number of aliphatic hydroxyl groups is 1. The zero-order valence-electron chi connectivity index (χ0n) is 14.8. The van der Waals surface area contributed by atoms with Gasteiger partial charge in [-0.25, -0.2) is 23.9 Å². The van der Waals surface area contributed by atoms with Gasteiger partial charge in [-0.05, 0) is 38.1 Å². The second-order valence-corrected chi connectivity index (χ2v) is 7.74. The maximum absolute atomic E-state index is 12.2. The molecule has 0 aliphatic carbocycles. The lowest BCUT2D eigenvalue weighted by molar-refractivity contribution is 0.145. The average Bonchev–Trinajstić information content (AvgIpc) is 3.18. The predicted molar refractivity (Wildman–Crippen MR) is 104 cm³/mol. The van der Waals surface area contributed by atoms with Gasteiger partial charge in [-0.15, -0.1) is 0 Å². The summed E-state index contributed by atoms with van der Waals surface area (Å²) in [5.74, 6) is 0.600. The van der Waals surface area contributed by atoms with Crippen molar-refractivity contribution in [3.8, 4) is 0 Å². The Kier molecular flexibility index (Phi) is 5.01. The molecule has 2 aromatic heterocycles. The zero-order valence-corrected chi connectivity index (χ0v) is 15.7. The minimum Gasteiger partial charge on any atom is -0.393 e. The number of anilines is 3. The van der Waals surface area contributed by atoms with Crippen LogP contribution in [-0.2, 0) is 11.0 Å². The molecule has 1 fully saturated rings. The van der Waals surface area contributed by atoms with Gasteiger partial charge in [0.05, 0.1) is 28.7 Å². The summed E-state index contributed by atoms with van der Waals surface area (Å²) in [7, 11) is 0.356. The summed E-state index contributed by atoms with van der Waals surface area (Å²) in [5, 5.41) is 13.1. The number of benzene rings is 1. The van der Waals surface area contributed by atoms with Gasteiger partial charge in [-0.1, -0.05) is 0 Å². The van der Waals surface area contributed by atoms with Gasteiger partial charge in [-0.2, -0.15) is 0 Å². The van der Waals surface area contributed by atoms with Crippen LogP contribution in [0, 0.1) is 0 Å². The van der Waals surface area contributed by atoms with Crippen LogP contribution in [0.2, 0.25) is 0 Å². The van der Waals surface area contributed by atoms with Crippen LogP contribution >= 0.6 is 0 Å². The molecule has 1 atom stereocenters. The molecule has 10 heteroatoms. The summed E-state index contributed by atoms with van der Waals surface area (Å²) in [6, 6.07) is 5.66. The number of nitrogens with zero attached hydrogens (tertiary/aromatic N) is 4. The van der Waals surface area contributed by atoms with E-state index in [0.29, 0.717) is 21.9 Å². The molecule has 0 saturated carbocycles. The number of hydrogen-bond donors (Lipinski definition) is 4. The van der Waals surface area contributed by atoms with Crippen molar-refractivity contribution in [2.75, 3.05) is 30.4 Å². The largest absolute Gasteiger partial charge is 0.393 e. The lowest BCUT2D eigenvalue weighted by atomic mass is 10.1. The van der Waals surface area contributed by atoms with Crippen molar-refractivity contribution in [2.24, 2.45) is 0 Å². The first-order valence-electron chi connectivity index (χ1n) is 8.73. The van der Waals surface area contributed by atoms with Crippen molar-refractivity contribution in [1.29, 1.82) is 0 Å². The highest BCUT2D eigenvalue weighted by molar-refractivity contribution is 7.83. The Hall–Kier alpha value is -2.56. The van der Waals surface area contributed by atoms with Crippen molar-refractivity contribution in [3.05, 3.63) is 30.9 Å². The molecule has 1 aliphatic heterocycles. The van der Waals surface area contributed by atoms with E-state index >= 15 is 0 Å². The van der Waals surface area contributed by atoms with E-state index in [9.17, 15) is 9.32 Å². The molecule has 1 unspecified atom stereocenters. The Balaban J connectivity index is 1.73. The van der Waals surface area contributed by atoms with Gasteiger partial charge in [0.2, 0.25) is 0 Å². The summed E-state index contributed by atoms with van der Waals surface area (Å²) >= 11 is 0. The van der Waals surface area contributed by atoms with Gasteiger partial charge >= 0.3 is 0 Å². The molecule has 4 rings (SSSR count). The molecule has 0 spiro atoms. The molecule has 0 amide bonds. The fraction of sp³-hybridized carbons (Fsp3) is 0.353. The van der Waals surface area contributed by atoms with Gasteiger partial charge in [0.1, 0.15) is 22.8 Å². The molecular formula is C17H21N7O2S. The SMILES string of the molecule is CNS(=O)c1ccc(N2CCC(O)CC2)c(Nc2ncnc3nc[nH]c23)c1. The Bertz CT molecular complexity index is 969. The lowest BCUT2D eigenvalue weighted by Crippen LogP contribution is -2.36. The summed E-state index contributed by atoms with van der Waals surface area (Å²) in [6.45, 7) is 1.51. The van der Waals surface area contributed by atoms with Crippen LogP contribution in [0.5, 0.6) is 0 Å². The van der Waals surface area contributed by atoms with E-state index in [1.165, 1.54) is 6.33 Å². The van der Waals surface area contributed by atoms with Crippen molar-refractivity contribution < 1.29 is 9.32 Å². The van der Waals surface area contributed by atoms with Gasteiger partial charge in [-0.3, -0.25) is 0 Å². The first kappa shape index (κ1) is 17.8. The minimum atomic E-state index is -1.30. The lowest BCUT2D eigenvalue weighted by Gasteiger charge is -2.33. The smallest absolute Gasteiger partial charge is 0.182 e. The van der Waals surface area contributed by atoms with Gasteiger partial charge in [0, 0.05) is 13.1 Å². The number of hydrogen-bond acceptors (Lipinski definition) is 7. The molecule has 27 heavy (non-hydrogen) atoms. The highest BCUT2D eigenvalue weighted by Gasteiger charge is 2.21. The third-order valence-corrected chi connectivity index (χ3v) is 5.70.